The lowest BCUT2D eigenvalue weighted by molar-refractivity contribution is -0.128. The van der Waals surface area contributed by atoms with Crippen LogP contribution < -0.4 is 5.09 Å². The highest BCUT2D eigenvalue weighted by molar-refractivity contribution is 14.2. The average Bonchev–Trinajstić information content (AvgIpc) is 2.89. The largest absolute Gasteiger partial charge is 0.508 e. The zero-order valence-corrected chi connectivity index (χ0v) is 23.9. The van der Waals surface area contributed by atoms with E-state index in [1.165, 1.54) is 6.21 Å². The Bertz CT molecular complexity index is 1210. The maximum atomic E-state index is 10.1. The SMILES string of the molecule is C/C=C/c1ccc(/C(=C(/CC)c2cccc(O)c2)c2ccc(NPI)c(C=N)c2)cc1.CCOC=O. The number of aromatic hydroxyl groups is 1. The predicted octanol–water partition coefficient (Wildman–Crippen LogP) is 8.33. The molecule has 0 bridgehead atoms. The Morgan fingerprint density at radius 3 is 2.31 bits per heavy atom. The lowest BCUT2D eigenvalue weighted by Gasteiger charge is -2.18. The maximum Gasteiger partial charge on any atom is 0.293 e. The fraction of sp³-hybridized carbons (Fsp3) is 0.172. The van der Waals surface area contributed by atoms with Gasteiger partial charge in [-0.2, -0.15) is 0 Å². The Morgan fingerprint density at radius 1 is 1.06 bits per heavy atom. The highest BCUT2D eigenvalue weighted by Gasteiger charge is 2.15. The van der Waals surface area contributed by atoms with Gasteiger partial charge in [-0.25, -0.2) is 0 Å². The van der Waals surface area contributed by atoms with Crippen LogP contribution in [0.15, 0.2) is 72.8 Å². The first-order valence-corrected chi connectivity index (χ1v) is 15.7. The summed E-state index contributed by atoms with van der Waals surface area (Å²) in [6.07, 6.45) is 6.87. The van der Waals surface area contributed by atoms with Crippen LogP contribution in [0.5, 0.6) is 5.75 Å². The number of allylic oxidation sites excluding steroid dienone is 2. The Labute approximate surface area is 228 Å². The molecule has 3 N–H and O–H groups in total. The van der Waals surface area contributed by atoms with Gasteiger partial charge in [-0.15, -0.1) is 0 Å². The molecule has 3 aromatic rings. The number of hydrogen-bond acceptors (Lipinski definition) is 5. The minimum atomic E-state index is 0.258. The molecule has 3 aromatic carbocycles. The van der Waals surface area contributed by atoms with Crippen molar-refractivity contribution < 1.29 is 14.6 Å². The van der Waals surface area contributed by atoms with E-state index in [1.807, 2.05) is 37.3 Å². The topological polar surface area (TPSA) is 82.4 Å². The molecule has 0 spiro atoms. The summed E-state index contributed by atoms with van der Waals surface area (Å²) >= 11 is 2.30. The number of phenols is 1. The van der Waals surface area contributed by atoms with Crippen molar-refractivity contribution in [2.45, 2.75) is 27.2 Å². The van der Waals surface area contributed by atoms with Crippen molar-refractivity contribution in [3.63, 3.8) is 0 Å². The highest BCUT2D eigenvalue weighted by atomic mass is 127. The molecule has 0 fully saturated rings. The van der Waals surface area contributed by atoms with Crippen LogP contribution in [0.1, 0.15) is 55.0 Å². The second-order valence-corrected chi connectivity index (χ2v) is 9.65. The smallest absolute Gasteiger partial charge is 0.293 e. The molecule has 0 saturated heterocycles. The van der Waals surface area contributed by atoms with Crippen molar-refractivity contribution >= 4 is 64.0 Å². The molecule has 36 heavy (non-hydrogen) atoms. The standard InChI is InChI=1S/C26H26IN2OP.C3H6O2/c1-3-6-18-9-11-19(12-10-18)26(24(4-2)20-7-5-8-23(30)16-20)21-13-14-25(29-31-27)22(15-21)17-28;1-2-5-3-4/h3,5-17,28-31H,4H2,1-2H3;3H,2H2,1H3/b6-3+,26-24+,28-17?;. The second kappa shape index (κ2) is 15.9. The van der Waals surface area contributed by atoms with Crippen LogP contribution in [-0.4, -0.2) is 24.4 Å². The van der Waals surface area contributed by atoms with Crippen molar-refractivity contribution in [2.75, 3.05) is 11.7 Å². The third-order valence-electron chi connectivity index (χ3n) is 5.32. The molecule has 188 valence electrons. The van der Waals surface area contributed by atoms with Crippen LogP contribution in [-0.2, 0) is 9.53 Å². The number of ether oxygens (including phenoxy) is 1. The van der Waals surface area contributed by atoms with Crippen molar-refractivity contribution in [3.05, 3.63) is 101 Å². The van der Waals surface area contributed by atoms with E-state index in [0.717, 1.165) is 51.1 Å². The zero-order chi connectivity index (χ0) is 26.3. The van der Waals surface area contributed by atoms with E-state index >= 15 is 0 Å². The average molecular weight is 614 g/mol. The number of nitrogens with one attached hydrogen (secondary N) is 2. The van der Waals surface area contributed by atoms with E-state index in [4.69, 9.17) is 5.41 Å². The number of phenolic OH excluding ortho intramolecular Hbond substituents is 1. The van der Waals surface area contributed by atoms with E-state index in [0.29, 0.717) is 19.5 Å². The lowest BCUT2D eigenvalue weighted by atomic mass is 9.87. The first kappa shape index (κ1) is 29.3. The van der Waals surface area contributed by atoms with Crippen molar-refractivity contribution in [1.29, 1.82) is 5.41 Å². The van der Waals surface area contributed by atoms with Crippen LogP contribution >= 0.6 is 28.4 Å². The fourth-order valence-electron chi connectivity index (χ4n) is 3.76. The molecular formula is C29H32IN2O3P. The monoisotopic (exact) mass is 614 g/mol. The van der Waals surface area contributed by atoms with Crippen molar-refractivity contribution in [3.8, 4) is 5.75 Å². The first-order chi connectivity index (χ1) is 17.5. The highest BCUT2D eigenvalue weighted by Crippen LogP contribution is 2.37. The first-order valence-electron chi connectivity index (χ1n) is 11.6. The number of carbonyl (C=O) groups is 1. The van der Waals surface area contributed by atoms with E-state index in [9.17, 15) is 9.90 Å². The summed E-state index contributed by atoms with van der Waals surface area (Å²) < 4.78 is 4.15. The Balaban J connectivity index is 0.000000830. The summed E-state index contributed by atoms with van der Waals surface area (Å²) in [5.41, 5.74) is 8.42. The molecule has 1 unspecified atom stereocenters. The summed E-state index contributed by atoms with van der Waals surface area (Å²) in [5, 5.41) is 21.3. The van der Waals surface area contributed by atoms with Crippen molar-refractivity contribution in [1.82, 2.24) is 0 Å². The molecule has 5 nitrogen and oxygen atoms in total. The van der Waals surface area contributed by atoms with Gasteiger partial charge in [-0.05, 0) is 100.0 Å². The Hall–Kier alpha value is -2.96. The van der Waals surface area contributed by atoms with Gasteiger partial charge in [0, 0.05) is 23.8 Å². The molecular weight excluding hydrogens is 582 g/mol. The van der Waals surface area contributed by atoms with Crippen LogP contribution in [0.25, 0.3) is 17.2 Å². The van der Waals surface area contributed by atoms with Gasteiger partial charge in [-0.3, -0.25) is 4.79 Å². The molecule has 0 aliphatic rings. The normalized spacial score (nSPS) is 11.6. The molecule has 0 heterocycles. The van der Waals surface area contributed by atoms with Gasteiger partial charge in [0.15, 0.2) is 0 Å². The maximum absolute atomic E-state index is 10.1. The Morgan fingerprint density at radius 2 is 1.78 bits per heavy atom. The summed E-state index contributed by atoms with van der Waals surface area (Å²) in [6, 6.07) is 22.2. The van der Waals surface area contributed by atoms with E-state index in [2.05, 4.69) is 81.3 Å². The Kier molecular flexibility index (Phi) is 12.9. The van der Waals surface area contributed by atoms with Gasteiger partial charge < -0.3 is 20.3 Å². The van der Waals surface area contributed by atoms with E-state index in [1.54, 1.807) is 13.0 Å². The molecule has 0 aromatic heterocycles. The number of carbonyl (C=O) groups excluding carboxylic acids is 1. The summed E-state index contributed by atoms with van der Waals surface area (Å²) in [4.78, 5) is 9.18. The summed E-state index contributed by atoms with van der Waals surface area (Å²) in [5.74, 6) is 0.258. The molecule has 0 aliphatic carbocycles. The molecule has 0 aliphatic heterocycles. The summed E-state index contributed by atoms with van der Waals surface area (Å²) in [6.45, 7) is 6.82. The molecule has 3 rings (SSSR count). The van der Waals surface area contributed by atoms with Crippen LogP contribution in [0, 0.1) is 5.41 Å². The minimum absolute atomic E-state index is 0.258. The third-order valence-corrected chi connectivity index (χ3v) is 6.49. The molecule has 7 heteroatoms. The quantitative estimate of drug-likeness (QED) is 0.0705. The van der Waals surface area contributed by atoms with Gasteiger partial charge in [0.05, 0.1) is 6.61 Å². The van der Waals surface area contributed by atoms with Gasteiger partial charge in [0.2, 0.25) is 0 Å². The number of halogens is 1. The van der Waals surface area contributed by atoms with Crippen LogP contribution in [0.2, 0.25) is 0 Å². The van der Waals surface area contributed by atoms with E-state index in [-0.39, 0.29) is 5.75 Å². The molecule has 0 saturated carbocycles. The van der Waals surface area contributed by atoms with Crippen molar-refractivity contribution in [2.24, 2.45) is 0 Å². The number of benzene rings is 3. The molecule has 0 amide bonds. The number of hydrogen-bond donors (Lipinski definition) is 3. The van der Waals surface area contributed by atoms with Gasteiger partial charge in [-0.1, -0.05) is 61.5 Å². The number of anilines is 1. The summed E-state index contributed by atoms with van der Waals surface area (Å²) in [7, 11) is 0. The predicted molar refractivity (Wildman–Crippen MR) is 163 cm³/mol. The van der Waals surface area contributed by atoms with Gasteiger partial charge in [0.25, 0.3) is 6.47 Å². The molecule has 1 atom stereocenters. The molecule has 0 radical (unpaired) electrons. The fourth-order valence-corrected chi connectivity index (χ4v) is 4.96. The van der Waals surface area contributed by atoms with Crippen LogP contribution in [0.4, 0.5) is 5.69 Å². The van der Waals surface area contributed by atoms with Crippen LogP contribution in [0.3, 0.4) is 0 Å². The minimum Gasteiger partial charge on any atom is -0.508 e. The zero-order valence-electron chi connectivity index (χ0n) is 20.7. The van der Waals surface area contributed by atoms with Gasteiger partial charge >= 0.3 is 0 Å². The lowest BCUT2D eigenvalue weighted by Crippen LogP contribution is -1.98. The third kappa shape index (κ3) is 8.32. The van der Waals surface area contributed by atoms with Gasteiger partial charge in [0.1, 0.15) is 5.75 Å². The number of rotatable bonds is 10. The second-order valence-electron chi connectivity index (χ2n) is 7.60. The van der Waals surface area contributed by atoms with E-state index < -0.39 is 0 Å².